The quantitative estimate of drug-likeness (QED) is 0.168. The fourth-order valence-electron chi connectivity index (χ4n) is 1.56. The molecule has 0 aliphatic heterocycles. The Balaban J connectivity index is 5.01. The summed E-state index contributed by atoms with van der Waals surface area (Å²) in [6.07, 6.45) is -0.729. The average molecular weight is 396 g/mol. The van der Waals surface area contributed by atoms with Crippen LogP contribution < -0.4 is 21.7 Å². The van der Waals surface area contributed by atoms with Gasteiger partial charge in [0.1, 0.15) is 18.1 Å². The minimum atomic E-state index is -1.45. The number of nitrogens with one attached hydrogen (secondary N) is 3. The van der Waals surface area contributed by atoms with E-state index in [1.165, 1.54) is 0 Å². The van der Waals surface area contributed by atoms with E-state index in [4.69, 9.17) is 15.9 Å². The zero-order valence-corrected chi connectivity index (χ0v) is 14.8. The summed E-state index contributed by atoms with van der Waals surface area (Å²) < 4.78 is 0. The molecule has 3 unspecified atom stereocenters. The van der Waals surface area contributed by atoms with Gasteiger partial charge in [0.25, 0.3) is 0 Å². The number of hydrogen-bond acceptors (Lipinski definition) is 8. The molecule has 0 aromatic rings. The van der Waals surface area contributed by atoms with E-state index in [-0.39, 0.29) is 11.5 Å². The van der Waals surface area contributed by atoms with Gasteiger partial charge in [0, 0.05) is 11.5 Å². The largest absolute Gasteiger partial charge is 0.481 e. The summed E-state index contributed by atoms with van der Waals surface area (Å²) in [5.74, 6) is -5.59. The number of nitrogens with two attached hydrogens (primary N) is 1. The van der Waals surface area contributed by atoms with Crippen LogP contribution in [0.4, 0.5) is 0 Å². The molecule has 3 amide bonds. The van der Waals surface area contributed by atoms with Gasteiger partial charge in [0.05, 0.1) is 13.0 Å². The van der Waals surface area contributed by atoms with Crippen molar-refractivity contribution >= 4 is 54.9 Å². The van der Waals surface area contributed by atoms with Crippen molar-refractivity contribution in [2.75, 3.05) is 18.1 Å². The molecular weight excluding hydrogens is 376 g/mol. The van der Waals surface area contributed by atoms with Crippen LogP contribution in [0.15, 0.2) is 0 Å². The third-order valence-corrected chi connectivity index (χ3v) is 3.56. The number of carbonyl (C=O) groups excluding carboxylic acids is 3. The Morgan fingerprint density at radius 1 is 0.840 bits per heavy atom. The molecule has 7 N–H and O–H groups in total. The normalized spacial score (nSPS) is 13.9. The highest BCUT2D eigenvalue weighted by Crippen LogP contribution is 1.98. The molecule has 0 aliphatic rings. The van der Waals surface area contributed by atoms with Gasteiger partial charge in [-0.1, -0.05) is 0 Å². The first kappa shape index (κ1) is 23.0. The maximum absolute atomic E-state index is 12.1. The van der Waals surface area contributed by atoms with Crippen LogP contribution in [0.25, 0.3) is 0 Å². The highest BCUT2D eigenvalue weighted by molar-refractivity contribution is 7.80. The van der Waals surface area contributed by atoms with Gasteiger partial charge in [-0.25, -0.2) is 4.79 Å². The third kappa shape index (κ3) is 8.60. The van der Waals surface area contributed by atoms with E-state index in [0.717, 1.165) is 0 Å². The smallest absolute Gasteiger partial charge is 0.327 e. The van der Waals surface area contributed by atoms with Crippen LogP contribution in [0.5, 0.6) is 0 Å². The Kier molecular flexibility index (Phi) is 10.6. The van der Waals surface area contributed by atoms with Crippen molar-refractivity contribution in [3.63, 3.8) is 0 Å². The van der Waals surface area contributed by atoms with Crippen molar-refractivity contribution in [2.45, 2.75) is 24.5 Å². The van der Waals surface area contributed by atoms with Crippen LogP contribution in [-0.2, 0) is 24.0 Å². The lowest BCUT2D eigenvalue weighted by molar-refractivity contribution is -0.142. The number of carbonyl (C=O) groups is 5. The molecule has 0 saturated carbocycles. The molecule has 25 heavy (non-hydrogen) atoms. The standard InChI is InChI=1S/C12H20N4O7S2/c13-2-8(17)14-5(1-9(18)19)10(20)15-6(3-24)11(21)16-7(4-25)12(22)23/h5-7,24-25H,1-4,13H2,(H,14,17)(H,15,20)(H,16,21)(H,18,19)(H,22,23). The van der Waals surface area contributed by atoms with E-state index in [1.54, 1.807) is 0 Å². The van der Waals surface area contributed by atoms with Crippen molar-refractivity contribution < 1.29 is 34.2 Å². The minimum absolute atomic E-state index is 0.178. The topological polar surface area (TPSA) is 188 Å². The molecule has 13 heteroatoms. The maximum atomic E-state index is 12.1. The van der Waals surface area contributed by atoms with Crippen molar-refractivity contribution in [3.05, 3.63) is 0 Å². The van der Waals surface area contributed by atoms with Gasteiger partial charge in [-0.3, -0.25) is 19.2 Å². The molecule has 142 valence electrons. The van der Waals surface area contributed by atoms with Crippen LogP contribution in [-0.4, -0.2) is 76.0 Å². The maximum Gasteiger partial charge on any atom is 0.327 e. The summed E-state index contributed by atoms with van der Waals surface area (Å²) in [6, 6.07) is -3.98. The van der Waals surface area contributed by atoms with E-state index in [0.29, 0.717) is 0 Å². The van der Waals surface area contributed by atoms with Crippen LogP contribution in [0.3, 0.4) is 0 Å². The number of thiol groups is 2. The Morgan fingerprint density at radius 3 is 1.72 bits per heavy atom. The fraction of sp³-hybridized carbons (Fsp3) is 0.583. The van der Waals surface area contributed by atoms with E-state index >= 15 is 0 Å². The van der Waals surface area contributed by atoms with Crippen LogP contribution in [0.2, 0.25) is 0 Å². The molecule has 0 spiro atoms. The summed E-state index contributed by atoms with van der Waals surface area (Å²) in [7, 11) is 0. The van der Waals surface area contributed by atoms with Gasteiger partial charge < -0.3 is 31.9 Å². The van der Waals surface area contributed by atoms with Crippen LogP contribution in [0.1, 0.15) is 6.42 Å². The number of carboxylic acids is 2. The third-order valence-electron chi connectivity index (χ3n) is 2.83. The molecule has 0 saturated heterocycles. The van der Waals surface area contributed by atoms with Gasteiger partial charge in [-0.05, 0) is 0 Å². The highest BCUT2D eigenvalue weighted by Gasteiger charge is 2.29. The Bertz CT molecular complexity index is 532. The molecular formula is C12H20N4O7S2. The second kappa shape index (κ2) is 11.5. The summed E-state index contributed by atoms with van der Waals surface area (Å²) in [6.45, 7) is -0.456. The van der Waals surface area contributed by atoms with Gasteiger partial charge in [0.15, 0.2) is 0 Å². The van der Waals surface area contributed by atoms with Gasteiger partial charge in [0.2, 0.25) is 17.7 Å². The summed E-state index contributed by atoms with van der Waals surface area (Å²) >= 11 is 7.68. The Morgan fingerprint density at radius 2 is 1.32 bits per heavy atom. The number of hydrogen-bond donors (Lipinski definition) is 8. The van der Waals surface area contributed by atoms with Gasteiger partial charge in [-0.2, -0.15) is 25.3 Å². The number of aliphatic carboxylic acids is 2. The van der Waals surface area contributed by atoms with Crippen molar-refractivity contribution in [1.82, 2.24) is 16.0 Å². The molecule has 0 rings (SSSR count). The molecule has 0 radical (unpaired) electrons. The predicted molar refractivity (Wildman–Crippen MR) is 92.4 cm³/mol. The zero-order chi connectivity index (χ0) is 19.6. The minimum Gasteiger partial charge on any atom is -0.481 e. The molecule has 0 bridgehead atoms. The van der Waals surface area contributed by atoms with E-state index in [1.807, 2.05) is 0 Å². The Labute approximate surface area is 153 Å². The number of amides is 3. The van der Waals surface area contributed by atoms with Crippen molar-refractivity contribution in [3.8, 4) is 0 Å². The average Bonchev–Trinajstić information content (AvgIpc) is 2.55. The first-order valence-corrected chi connectivity index (χ1v) is 8.19. The molecule has 3 atom stereocenters. The van der Waals surface area contributed by atoms with Crippen LogP contribution >= 0.6 is 25.3 Å². The summed E-state index contributed by atoms with van der Waals surface area (Å²) in [5, 5.41) is 24.2. The number of rotatable bonds is 11. The molecule has 0 aromatic heterocycles. The van der Waals surface area contributed by atoms with Crippen molar-refractivity contribution in [1.29, 1.82) is 0 Å². The molecule has 0 aliphatic carbocycles. The number of carboxylic acid groups (broad SMARTS) is 2. The molecule has 11 nitrogen and oxygen atoms in total. The predicted octanol–water partition coefficient (Wildman–Crippen LogP) is -3.18. The van der Waals surface area contributed by atoms with Gasteiger partial charge in [-0.15, -0.1) is 0 Å². The van der Waals surface area contributed by atoms with E-state index < -0.39 is 60.8 Å². The molecule has 0 fully saturated rings. The van der Waals surface area contributed by atoms with E-state index in [9.17, 15) is 24.0 Å². The first-order chi connectivity index (χ1) is 11.7. The van der Waals surface area contributed by atoms with Crippen molar-refractivity contribution in [2.24, 2.45) is 5.73 Å². The first-order valence-electron chi connectivity index (χ1n) is 6.92. The summed E-state index contributed by atoms with van der Waals surface area (Å²) in [4.78, 5) is 57.1. The SMILES string of the molecule is NCC(=O)NC(CC(=O)O)C(=O)NC(CS)C(=O)NC(CS)C(=O)O. The lowest BCUT2D eigenvalue weighted by atomic mass is 10.1. The summed E-state index contributed by atoms with van der Waals surface area (Å²) in [5.41, 5.74) is 5.10. The second-order valence-corrected chi connectivity index (χ2v) is 5.48. The zero-order valence-electron chi connectivity index (χ0n) is 13.0. The van der Waals surface area contributed by atoms with Gasteiger partial charge >= 0.3 is 11.9 Å². The molecule has 0 aromatic carbocycles. The lowest BCUT2D eigenvalue weighted by Crippen LogP contribution is -2.57. The second-order valence-electron chi connectivity index (χ2n) is 4.75. The fourth-order valence-corrected chi connectivity index (χ4v) is 2.07. The lowest BCUT2D eigenvalue weighted by Gasteiger charge is -2.22. The van der Waals surface area contributed by atoms with Crippen LogP contribution in [0, 0.1) is 0 Å². The Hall–Kier alpha value is -1.99. The monoisotopic (exact) mass is 396 g/mol. The van der Waals surface area contributed by atoms with E-state index in [2.05, 4.69) is 41.2 Å². The highest BCUT2D eigenvalue weighted by atomic mass is 32.1. The molecule has 0 heterocycles.